The minimum Gasteiger partial charge on any atom is -0.326 e. The molecule has 0 aliphatic carbocycles. The molecule has 0 saturated heterocycles. The fraction of sp³-hybridized carbons (Fsp3) is 0.133. The molecule has 3 rings (SSSR count). The highest BCUT2D eigenvalue weighted by molar-refractivity contribution is 6.33. The Kier molecular flexibility index (Phi) is 4.36. The fourth-order valence-corrected chi connectivity index (χ4v) is 2.39. The van der Waals surface area contributed by atoms with E-state index in [9.17, 15) is 18.0 Å². The predicted octanol–water partition coefficient (Wildman–Crippen LogP) is 2.75. The summed E-state index contributed by atoms with van der Waals surface area (Å²) in [5, 5.41) is 4.43. The summed E-state index contributed by atoms with van der Waals surface area (Å²) in [6, 6.07) is 6.92. The number of rotatable bonds is 3. The maximum atomic E-state index is 12.6. The molecule has 0 spiro atoms. The van der Waals surface area contributed by atoms with Crippen LogP contribution in [0.4, 0.5) is 13.2 Å². The average molecular weight is 370 g/mol. The third-order valence-corrected chi connectivity index (χ3v) is 3.75. The minimum absolute atomic E-state index is 0.0894. The Morgan fingerprint density at radius 2 is 2.00 bits per heavy atom. The monoisotopic (exact) mass is 369 g/mol. The molecule has 0 atom stereocenters. The second-order valence-corrected chi connectivity index (χ2v) is 5.52. The molecule has 0 radical (unpaired) electrons. The van der Waals surface area contributed by atoms with Crippen LogP contribution in [0.5, 0.6) is 0 Å². The third-order valence-electron chi connectivity index (χ3n) is 3.42. The first-order chi connectivity index (χ1) is 11.8. The number of nitrogens with two attached hydrogens (primary N) is 1. The SMILES string of the molecule is NCc1ccc(Cl)c(-c2nn(-c3ccc(C(F)(F)F)nc3)c(=O)[nH]2)c1. The molecule has 0 bridgehead atoms. The number of pyridine rings is 1. The number of aromatic amines is 1. The zero-order valence-corrected chi connectivity index (χ0v) is 13.3. The van der Waals surface area contributed by atoms with E-state index in [1.54, 1.807) is 18.2 Å². The molecule has 0 amide bonds. The fourth-order valence-electron chi connectivity index (χ4n) is 2.18. The van der Waals surface area contributed by atoms with Crippen molar-refractivity contribution in [3.8, 4) is 17.1 Å². The summed E-state index contributed by atoms with van der Waals surface area (Å²) in [5.74, 6) is 0.171. The quantitative estimate of drug-likeness (QED) is 0.743. The summed E-state index contributed by atoms with van der Waals surface area (Å²) in [4.78, 5) is 17.9. The van der Waals surface area contributed by atoms with E-state index in [0.29, 0.717) is 10.6 Å². The maximum absolute atomic E-state index is 12.6. The van der Waals surface area contributed by atoms with E-state index >= 15 is 0 Å². The van der Waals surface area contributed by atoms with Crippen molar-refractivity contribution in [1.29, 1.82) is 0 Å². The number of H-pyrrole nitrogens is 1. The van der Waals surface area contributed by atoms with Crippen molar-refractivity contribution in [3.63, 3.8) is 0 Å². The Morgan fingerprint density at radius 3 is 2.60 bits per heavy atom. The number of benzene rings is 1. The number of aromatic nitrogens is 4. The van der Waals surface area contributed by atoms with Gasteiger partial charge in [-0.25, -0.2) is 9.78 Å². The summed E-state index contributed by atoms with van der Waals surface area (Å²) in [6.07, 6.45) is -3.64. The van der Waals surface area contributed by atoms with E-state index in [1.165, 1.54) is 0 Å². The maximum Gasteiger partial charge on any atom is 0.433 e. The van der Waals surface area contributed by atoms with Crippen LogP contribution in [-0.4, -0.2) is 19.7 Å². The second kappa shape index (κ2) is 6.34. The summed E-state index contributed by atoms with van der Waals surface area (Å²) >= 11 is 6.12. The van der Waals surface area contributed by atoms with E-state index in [2.05, 4.69) is 15.1 Å². The van der Waals surface area contributed by atoms with Crippen LogP contribution in [0.1, 0.15) is 11.3 Å². The van der Waals surface area contributed by atoms with Crippen molar-refractivity contribution in [1.82, 2.24) is 19.7 Å². The van der Waals surface area contributed by atoms with Crippen LogP contribution in [0.2, 0.25) is 5.02 Å². The van der Waals surface area contributed by atoms with E-state index in [-0.39, 0.29) is 18.1 Å². The molecule has 0 aliphatic heterocycles. The van der Waals surface area contributed by atoms with E-state index in [4.69, 9.17) is 17.3 Å². The molecule has 0 unspecified atom stereocenters. The molecule has 130 valence electrons. The van der Waals surface area contributed by atoms with Gasteiger partial charge in [-0.3, -0.25) is 4.98 Å². The molecule has 0 fully saturated rings. The van der Waals surface area contributed by atoms with Crippen LogP contribution in [0.25, 0.3) is 17.1 Å². The van der Waals surface area contributed by atoms with Gasteiger partial charge in [0.25, 0.3) is 0 Å². The zero-order valence-electron chi connectivity index (χ0n) is 12.5. The van der Waals surface area contributed by atoms with Crippen LogP contribution >= 0.6 is 11.6 Å². The topological polar surface area (TPSA) is 89.6 Å². The van der Waals surface area contributed by atoms with Crippen molar-refractivity contribution in [2.45, 2.75) is 12.7 Å². The summed E-state index contributed by atoms with van der Waals surface area (Å²) in [7, 11) is 0. The highest BCUT2D eigenvalue weighted by Crippen LogP contribution is 2.28. The number of nitrogens with one attached hydrogen (secondary N) is 1. The van der Waals surface area contributed by atoms with Gasteiger partial charge in [0.1, 0.15) is 5.69 Å². The lowest BCUT2D eigenvalue weighted by Gasteiger charge is -2.06. The lowest BCUT2D eigenvalue weighted by molar-refractivity contribution is -0.141. The first-order valence-electron chi connectivity index (χ1n) is 7.01. The van der Waals surface area contributed by atoms with Gasteiger partial charge in [-0.05, 0) is 29.8 Å². The van der Waals surface area contributed by atoms with Crippen LogP contribution < -0.4 is 11.4 Å². The standard InChI is InChI=1S/C15H11ClF3N5O/c16-11-3-1-8(6-20)5-10(11)13-22-14(25)24(23-13)9-2-4-12(21-7-9)15(17,18)19/h1-5,7H,6,20H2,(H,22,23,25). The van der Waals surface area contributed by atoms with E-state index in [0.717, 1.165) is 28.6 Å². The molecular formula is C15H11ClF3N5O. The Labute approximate surface area is 144 Å². The van der Waals surface area contributed by atoms with Crippen LogP contribution in [0.3, 0.4) is 0 Å². The number of nitrogens with zero attached hydrogens (tertiary/aromatic N) is 3. The van der Waals surface area contributed by atoms with Crippen molar-refractivity contribution >= 4 is 11.6 Å². The van der Waals surface area contributed by atoms with Gasteiger partial charge in [0.05, 0.1) is 16.9 Å². The molecule has 2 aromatic heterocycles. The Balaban J connectivity index is 2.03. The predicted molar refractivity (Wildman–Crippen MR) is 85.3 cm³/mol. The van der Waals surface area contributed by atoms with Crippen molar-refractivity contribution in [3.05, 3.63) is 63.3 Å². The van der Waals surface area contributed by atoms with Crippen molar-refractivity contribution < 1.29 is 13.2 Å². The van der Waals surface area contributed by atoms with Gasteiger partial charge < -0.3 is 5.73 Å². The molecule has 10 heteroatoms. The smallest absolute Gasteiger partial charge is 0.326 e. The first-order valence-corrected chi connectivity index (χ1v) is 7.39. The van der Waals surface area contributed by atoms with Gasteiger partial charge in [0, 0.05) is 12.1 Å². The van der Waals surface area contributed by atoms with Gasteiger partial charge in [-0.1, -0.05) is 17.7 Å². The zero-order chi connectivity index (χ0) is 18.2. The van der Waals surface area contributed by atoms with Gasteiger partial charge in [-0.2, -0.15) is 17.9 Å². The number of hydrogen-bond acceptors (Lipinski definition) is 4. The Hall–Kier alpha value is -2.65. The van der Waals surface area contributed by atoms with E-state index in [1.807, 2.05) is 0 Å². The summed E-state index contributed by atoms with van der Waals surface area (Å²) in [6.45, 7) is 0.276. The molecule has 3 N–H and O–H groups in total. The van der Waals surface area contributed by atoms with Gasteiger partial charge in [-0.15, -0.1) is 5.10 Å². The Bertz CT molecular complexity index is 963. The number of hydrogen-bond donors (Lipinski definition) is 2. The first kappa shape index (κ1) is 17.2. The third kappa shape index (κ3) is 3.42. The lowest BCUT2D eigenvalue weighted by atomic mass is 10.1. The molecule has 3 aromatic rings. The van der Waals surface area contributed by atoms with Crippen LogP contribution in [0.15, 0.2) is 41.3 Å². The van der Waals surface area contributed by atoms with Crippen LogP contribution in [0, 0.1) is 0 Å². The molecule has 2 heterocycles. The summed E-state index contributed by atoms with van der Waals surface area (Å²) in [5.41, 5.74) is 5.22. The average Bonchev–Trinajstić information content (AvgIpc) is 2.96. The molecule has 1 aromatic carbocycles. The van der Waals surface area contributed by atoms with Gasteiger partial charge in [0.2, 0.25) is 0 Å². The largest absolute Gasteiger partial charge is 0.433 e. The highest BCUT2D eigenvalue weighted by Gasteiger charge is 2.32. The normalized spacial score (nSPS) is 11.7. The van der Waals surface area contributed by atoms with Crippen molar-refractivity contribution in [2.24, 2.45) is 5.73 Å². The van der Waals surface area contributed by atoms with Gasteiger partial charge >= 0.3 is 11.9 Å². The Morgan fingerprint density at radius 1 is 1.24 bits per heavy atom. The molecular weight excluding hydrogens is 359 g/mol. The van der Waals surface area contributed by atoms with Gasteiger partial charge in [0.15, 0.2) is 5.82 Å². The van der Waals surface area contributed by atoms with E-state index < -0.39 is 17.6 Å². The second-order valence-electron chi connectivity index (χ2n) is 5.11. The summed E-state index contributed by atoms with van der Waals surface area (Å²) < 4.78 is 38.6. The molecule has 25 heavy (non-hydrogen) atoms. The lowest BCUT2D eigenvalue weighted by Crippen LogP contribution is -2.17. The molecule has 0 saturated carbocycles. The minimum atomic E-state index is -4.56. The van der Waals surface area contributed by atoms with Crippen molar-refractivity contribution in [2.75, 3.05) is 0 Å². The highest BCUT2D eigenvalue weighted by atomic mass is 35.5. The number of halogens is 4. The molecule has 0 aliphatic rings. The number of alkyl halides is 3. The molecule has 6 nitrogen and oxygen atoms in total. The van der Waals surface area contributed by atoms with Crippen LogP contribution in [-0.2, 0) is 12.7 Å².